The second-order valence-corrected chi connectivity index (χ2v) is 11.1. The quantitative estimate of drug-likeness (QED) is 0.711. The molecule has 2 heterocycles. The highest BCUT2D eigenvalue weighted by molar-refractivity contribution is 7.91. The Morgan fingerprint density at radius 3 is 2.31 bits per heavy atom. The number of hydrogen-bond donors (Lipinski definition) is 0. The molecule has 0 bridgehead atoms. The van der Waals surface area contributed by atoms with Crippen LogP contribution in [0.4, 0.5) is 0 Å². The highest BCUT2D eigenvalue weighted by atomic mass is 32.2. The number of piperidine rings is 1. The predicted octanol–water partition coefficient (Wildman–Crippen LogP) is 3.35. The highest BCUT2D eigenvalue weighted by Crippen LogP contribution is 2.36. The fourth-order valence-corrected chi connectivity index (χ4v) is 6.33. The lowest BCUT2D eigenvalue weighted by molar-refractivity contribution is -0.136. The van der Waals surface area contributed by atoms with Gasteiger partial charge in [-0.2, -0.15) is 0 Å². The molecular formula is C23H34N2O3S. The van der Waals surface area contributed by atoms with Crippen molar-refractivity contribution in [3.63, 3.8) is 0 Å². The van der Waals surface area contributed by atoms with Gasteiger partial charge in [0.15, 0.2) is 9.84 Å². The molecule has 0 radical (unpaired) electrons. The van der Waals surface area contributed by atoms with Crippen molar-refractivity contribution in [3.8, 4) is 0 Å². The Bertz CT molecular complexity index is 784. The van der Waals surface area contributed by atoms with Crippen LogP contribution in [0.2, 0.25) is 0 Å². The van der Waals surface area contributed by atoms with E-state index < -0.39 is 9.84 Å². The molecule has 0 spiro atoms. The van der Waals surface area contributed by atoms with Crippen molar-refractivity contribution in [3.05, 3.63) is 30.3 Å². The van der Waals surface area contributed by atoms with Crippen molar-refractivity contribution in [2.45, 2.75) is 62.3 Å². The number of benzene rings is 1. The van der Waals surface area contributed by atoms with Crippen molar-refractivity contribution in [2.24, 2.45) is 11.8 Å². The van der Waals surface area contributed by atoms with Gasteiger partial charge in [0.25, 0.3) is 0 Å². The van der Waals surface area contributed by atoms with Crippen LogP contribution in [0.3, 0.4) is 0 Å². The van der Waals surface area contributed by atoms with Crippen LogP contribution < -0.4 is 0 Å². The molecule has 1 aromatic carbocycles. The average molecular weight is 419 g/mol. The monoisotopic (exact) mass is 418 g/mol. The number of likely N-dealkylation sites (tertiary alicyclic amines) is 2. The molecule has 2 aliphatic heterocycles. The minimum Gasteiger partial charge on any atom is -0.339 e. The molecule has 4 rings (SSSR count). The van der Waals surface area contributed by atoms with Crippen molar-refractivity contribution in [1.82, 2.24) is 9.80 Å². The predicted molar refractivity (Wildman–Crippen MR) is 114 cm³/mol. The largest absolute Gasteiger partial charge is 0.339 e. The van der Waals surface area contributed by atoms with Crippen LogP contribution >= 0.6 is 0 Å². The SMILES string of the molecule is O=C(C1CC1)N1CCCCCC1C1CCN(CCS(=O)(=O)c2ccccc2)CC1. The molecule has 1 aliphatic carbocycles. The second kappa shape index (κ2) is 9.17. The zero-order valence-electron chi connectivity index (χ0n) is 17.3. The molecule has 1 amide bonds. The Balaban J connectivity index is 1.30. The van der Waals surface area contributed by atoms with Gasteiger partial charge in [0.2, 0.25) is 5.91 Å². The molecule has 3 aliphatic rings. The fourth-order valence-electron chi connectivity index (χ4n) is 5.02. The molecule has 1 saturated carbocycles. The molecule has 0 N–H and O–H groups in total. The lowest BCUT2D eigenvalue weighted by Crippen LogP contribution is -2.48. The maximum Gasteiger partial charge on any atom is 0.225 e. The van der Waals surface area contributed by atoms with Gasteiger partial charge in [-0.1, -0.05) is 31.0 Å². The minimum absolute atomic E-state index is 0.178. The third-order valence-electron chi connectivity index (χ3n) is 6.96. The molecular weight excluding hydrogens is 384 g/mol. The lowest BCUT2D eigenvalue weighted by Gasteiger charge is -2.41. The number of sulfone groups is 1. The summed E-state index contributed by atoms with van der Waals surface area (Å²) in [7, 11) is -3.22. The van der Waals surface area contributed by atoms with E-state index in [4.69, 9.17) is 0 Å². The Morgan fingerprint density at radius 2 is 1.62 bits per heavy atom. The number of nitrogens with zero attached hydrogens (tertiary/aromatic N) is 2. The summed E-state index contributed by atoms with van der Waals surface area (Å²) in [5.41, 5.74) is 0. The van der Waals surface area contributed by atoms with Crippen molar-refractivity contribution < 1.29 is 13.2 Å². The van der Waals surface area contributed by atoms with Gasteiger partial charge in [-0.05, 0) is 69.7 Å². The van der Waals surface area contributed by atoms with E-state index >= 15 is 0 Å². The molecule has 0 aromatic heterocycles. The number of hydrogen-bond acceptors (Lipinski definition) is 4. The maximum atomic E-state index is 12.8. The Morgan fingerprint density at radius 1 is 0.897 bits per heavy atom. The molecule has 3 fully saturated rings. The van der Waals surface area contributed by atoms with Gasteiger partial charge in [-0.15, -0.1) is 0 Å². The molecule has 29 heavy (non-hydrogen) atoms. The number of amides is 1. The summed E-state index contributed by atoms with van der Waals surface area (Å²) in [6.45, 7) is 3.42. The third-order valence-corrected chi connectivity index (χ3v) is 8.67. The number of carbonyl (C=O) groups excluding carboxylic acids is 1. The number of carbonyl (C=O) groups is 1. The van der Waals surface area contributed by atoms with E-state index in [-0.39, 0.29) is 5.75 Å². The Hall–Kier alpha value is -1.40. The minimum atomic E-state index is -3.22. The summed E-state index contributed by atoms with van der Waals surface area (Å²) in [6.07, 6.45) is 9.06. The summed E-state index contributed by atoms with van der Waals surface area (Å²) in [5.74, 6) is 1.46. The summed E-state index contributed by atoms with van der Waals surface area (Å²) >= 11 is 0. The van der Waals surface area contributed by atoms with Crippen LogP contribution in [0.5, 0.6) is 0 Å². The lowest BCUT2D eigenvalue weighted by atomic mass is 9.86. The molecule has 1 atom stereocenters. The molecule has 6 heteroatoms. The topological polar surface area (TPSA) is 57.7 Å². The molecule has 1 unspecified atom stereocenters. The highest BCUT2D eigenvalue weighted by Gasteiger charge is 2.39. The van der Waals surface area contributed by atoms with Crippen LogP contribution in [0.1, 0.15) is 51.4 Å². The normalized spacial score (nSPS) is 25.0. The van der Waals surface area contributed by atoms with Gasteiger partial charge < -0.3 is 9.80 Å². The summed E-state index contributed by atoms with van der Waals surface area (Å²) in [4.78, 5) is 17.8. The molecule has 160 valence electrons. The second-order valence-electron chi connectivity index (χ2n) is 9.03. The van der Waals surface area contributed by atoms with Gasteiger partial charge in [0.1, 0.15) is 0 Å². The number of rotatable bonds is 6. The molecule has 2 saturated heterocycles. The third kappa shape index (κ3) is 5.21. The van der Waals surface area contributed by atoms with E-state index in [1.54, 1.807) is 24.3 Å². The molecule has 5 nitrogen and oxygen atoms in total. The van der Waals surface area contributed by atoms with E-state index in [0.717, 1.165) is 58.2 Å². The van der Waals surface area contributed by atoms with Gasteiger partial charge in [-0.3, -0.25) is 4.79 Å². The van der Waals surface area contributed by atoms with E-state index in [0.29, 0.717) is 35.2 Å². The Labute approximate surface area is 175 Å². The van der Waals surface area contributed by atoms with Crippen LogP contribution in [0.25, 0.3) is 0 Å². The van der Waals surface area contributed by atoms with Gasteiger partial charge in [0.05, 0.1) is 10.6 Å². The first kappa shape index (κ1) is 20.9. The van der Waals surface area contributed by atoms with Crippen LogP contribution in [0.15, 0.2) is 35.2 Å². The Kier molecular flexibility index (Phi) is 6.60. The first-order chi connectivity index (χ1) is 14.0. The summed E-state index contributed by atoms with van der Waals surface area (Å²) < 4.78 is 25.1. The zero-order valence-corrected chi connectivity index (χ0v) is 18.2. The first-order valence-corrected chi connectivity index (χ1v) is 13.0. The van der Waals surface area contributed by atoms with Crippen molar-refractivity contribution >= 4 is 15.7 Å². The zero-order chi connectivity index (χ0) is 20.3. The average Bonchev–Trinajstić information content (AvgIpc) is 3.60. The maximum absolute atomic E-state index is 12.8. The van der Waals surface area contributed by atoms with E-state index in [1.165, 1.54) is 12.8 Å². The molecule has 1 aromatic rings. The van der Waals surface area contributed by atoms with Gasteiger partial charge >= 0.3 is 0 Å². The summed E-state index contributed by atoms with van der Waals surface area (Å²) in [6, 6.07) is 9.16. The summed E-state index contributed by atoms with van der Waals surface area (Å²) in [5, 5.41) is 0. The smallest absolute Gasteiger partial charge is 0.225 e. The van der Waals surface area contributed by atoms with E-state index in [1.807, 2.05) is 6.07 Å². The first-order valence-electron chi connectivity index (χ1n) is 11.4. The van der Waals surface area contributed by atoms with E-state index in [9.17, 15) is 13.2 Å². The van der Waals surface area contributed by atoms with Crippen LogP contribution in [-0.2, 0) is 14.6 Å². The van der Waals surface area contributed by atoms with Crippen LogP contribution in [-0.4, -0.2) is 62.1 Å². The van der Waals surface area contributed by atoms with Crippen LogP contribution in [0, 0.1) is 11.8 Å². The van der Waals surface area contributed by atoms with Crippen molar-refractivity contribution in [2.75, 3.05) is 31.9 Å². The fraction of sp³-hybridized carbons (Fsp3) is 0.696. The van der Waals surface area contributed by atoms with Gasteiger partial charge in [-0.25, -0.2) is 8.42 Å². The van der Waals surface area contributed by atoms with E-state index in [2.05, 4.69) is 9.80 Å². The van der Waals surface area contributed by atoms with Gasteiger partial charge in [0, 0.05) is 25.0 Å². The standard InChI is InChI=1S/C23H34N2O3S/c26-23(20-10-11-20)25-14-6-2-5-9-22(25)19-12-15-24(16-13-19)17-18-29(27,28)21-7-3-1-4-8-21/h1,3-4,7-8,19-20,22H,2,5-6,9-18H2. The van der Waals surface area contributed by atoms with Crippen molar-refractivity contribution in [1.29, 1.82) is 0 Å².